The van der Waals surface area contributed by atoms with Gasteiger partial charge in [0.1, 0.15) is 0 Å². The Labute approximate surface area is 135 Å². The Morgan fingerprint density at radius 2 is 2.00 bits per heavy atom. The molecule has 1 amide bonds. The molecule has 0 spiro atoms. The van der Waals surface area contributed by atoms with Crippen LogP contribution in [0.15, 0.2) is 42.7 Å². The minimum Gasteiger partial charge on any atom is -0.325 e. The number of hydrogen-bond acceptors (Lipinski definition) is 3. The molecule has 0 unspecified atom stereocenters. The fraction of sp³-hybridized carbons (Fsp3) is 0.278. The normalized spacial score (nSPS) is 11.7. The molecule has 0 saturated carbocycles. The van der Waals surface area contributed by atoms with E-state index in [9.17, 15) is 4.79 Å². The van der Waals surface area contributed by atoms with Crippen LogP contribution in [-0.4, -0.2) is 20.5 Å². The monoisotopic (exact) mass is 308 g/mol. The number of benzene rings is 1. The van der Waals surface area contributed by atoms with E-state index in [0.29, 0.717) is 0 Å². The molecule has 0 bridgehead atoms. The second kappa shape index (κ2) is 5.50. The number of nitrogens with one attached hydrogen (secondary N) is 1. The number of hydrogen-bond donors (Lipinski definition) is 1. The number of aromatic nitrogens is 3. The van der Waals surface area contributed by atoms with Crippen molar-refractivity contribution < 1.29 is 4.79 Å². The molecular formula is C18H20N4O. The summed E-state index contributed by atoms with van der Waals surface area (Å²) in [5.41, 5.74) is 3.97. The van der Waals surface area contributed by atoms with Gasteiger partial charge in [0.05, 0.1) is 11.9 Å². The molecule has 1 N–H and O–H groups in total. The standard InChI is InChI=1S/C18H20N4O/c1-12-7-8-13(10-14(12)21-17(23)18(2,3)4)15-11-22-16(20-15)6-5-9-19-22/h5-11H,1-4H3,(H,21,23). The van der Waals surface area contributed by atoms with Crippen molar-refractivity contribution in [3.63, 3.8) is 0 Å². The van der Waals surface area contributed by atoms with Gasteiger partial charge in [0.25, 0.3) is 0 Å². The third-order valence-corrected chi connectivity index (χ3v) is 3.70. The van der Waals surface area contributed by atoms with Gasteiger partial charge < -0.3 is 5.32 Å². The lowest BCUT2D eigenvalue weighted by Gasteiger charge is -2.19. The summed E-state index contributed by atoms with van der Waals surface area (Å²) in [6.07, 6.45) is 3.61. The van der Waals surface area contributed by atoms with Crippen LogP contribution in [0.4, 0.5) is 5.69 Å². The average molecular weight is 308 g/mol. The maximum absolute atomic E-state index is 12.2. The summed E-state index contributed by atoms with van der Waals surface area (Å²) in [7, 11) is 0. The minimum atomic E-state index is -0.435. The van der Waals surface area contributed by atoms with Crippen LogP contribution in [0, 0.1) is 12.3 Å². The molecule has 0 fully saturated rings. The number of anilines is 1. The van der Waals surface area contributed by atoms with Crippen molar-refractivity contribution in [2.45, 2.75) is 27.7 Å². The summed E-state index contributed by atoms with van der Waals surface area (Å²) in [5.74, 6) is -0.00517. The highest BCUT2D eigenvalue weighted by atomic mass is 16.2. The van der Waals surface area contributed by atoms with Gasteiger partial charge in [0.2, 0.25) is 5.91 Å². The Morgan fingerprint density at radius 3 is 2.70 bits per heavy atom. The van der Waals surface area contributed by atoms with Crippen LogP contribution in [0.2, 0.25) is 0 Å². The molecule has 1 aromatic carbocycles. The van der Waals surface area contributed by atoms with Crippen LogP contribution in [0.25, 0.3) is 16.9 Å². The highest BCUT2D eigenvalue weighted by molar-refractivity contribution is 5.95. The second-order valence-electron chi connectivity index (χ2n) is 6.69. The molecule has 0 radical (unpaired) electrons. The lowest BCUT2D eigenvalue weighted by atomic mass is 9.95. The zero-order valence-corrected chi connectivity index (χ0v) is 13.8. The predicted molar refractivity (Wildman–Crippen MR) is 91.2 cm³/mol. The van der Waals surface area contributed by atoms with Crippen LogP contribution >= 0.6 is 0 Å². The van der Waals surface area contributed by atoms with Crippen LogP contribution in [0.1, 0.15) is 26.3 Å². The Hall–Kier alpha value is -2.69. The molecule has 0 atom stereocenters. The van der Waals surface area contributed by atoms with Crippen molar-refractivity contribution in [1.29, 1.82) is 0 Å². The van der Waals surface area contributed by atoms with Gasteiger partial charge in [-0.3, -0.25) is 4.79 Å². The van der Waals surface area contributed by atoms with Crippen LogP contribution in [0.5, 0.6) is 0 Å². The molecule has 3 rings (SSSR count). The van der Waals surface area contributed by atoms with E-state index in [0.717, 1.165) is 28.2 Å². The summed E-state index contributed by atoms with van der Waals surface area (Å²) >= 11 is 0. The van der Waals surface area contributed by atoms with Crippen molar-refractivity contribution in [2.75, 3.05) is 5.32 Å². The van der Waals surface area contributed by atoms with Gasteiger partial charge in [0, 0.05) is 22.9 Å². The summed E-state index contributed by atoms with van der Waals surface area (Å²) in [5, 5.41) is 7.24. The summed E-state index contributed by atoms with van der Waals surface area (Å²) in [6, 6.07) is 9.72. The Bertz CT molecular complexity index is 841. The third-order valence-electron chi connectivity index (χ3n) is 3.70. The minimum absolute atomic E-state index is 0.00517. The first kappa shape index (κ1) is 15.2. The number of carbonyl (C=O) groups is 1. The molecule has 23 heavy (non-hydrogen) atoms. The second-order valence-corrected chi connectivity index (χ2v) is 6.69. The number of amides is 1. The molecule has 0 saturated heterocycles. The van der Waals surface area contributed by atoms with E-state index in [-0.39, 0.29) is 5.91 Å². The van der Waals surface area contributed by atoms with Gasteiger partial charge in [-0.05, 0) is 30.7 Å². The van der Waals surface area contributed by atoms with Crippen molar-refractivity contribution in [2.24, 2.45) is 5.41 Å². The van der Waals surface area contributed by atoms with E-state index in [1.54, 1.807) is 10.7 Å². The summed E-state index contributed by atoms with van der Waals surface area (Å²) < 4.78 is 1.74. The summed E-state index contributed by atoms with van der Waals surface area (Å²) in [4.78, 5) is 16.8. The topological polar surface area (TPSA) is 59.3 Å². The highest BCUT2D eigenvalue weighted by Gasteiger charge is 2.22. The molecule has 0 aliphatic rings. The molecule has 0 aliphatic carbocycles. The molecule has 2 heterocycles. The van der Waals surface area contributed by atoms with E-state index >= 15 is 0 Å². The zero-order chi connectivity index (χ0) is 16.6. The number of carbonyl (C=O) groups excluding carboxylic acids is 1. The van der Waals surface area contributed by atoms with E-state index in [2.05, 4.69) is 15.4 Å². The quantitative estimate of drug-likeness (QED) is 0.785. The smallest absolute Gasteiger partial charge is 0.229 e. The van der Waals surface area contributed by atoms with Crippen molar-refractivity contribution in [3.05, 3.63) is 48.3 Å². The molecule has 5 heteroatoms. The van der Waals surface area contributed by atoms with E-state index in [1.807, 2.05) is 64.2 Å². The molecule has 2 aromatic heterocycles. The lowest BCUT2D eigenvalue weighted by Crippen LogP contribution is -2.27. The Balaban J connectivity index is 1.98. The first-order valence-electron chi connectivity index (χ1n) is 7.57. The predicted octanol–water partition coefficient (Wildman–Crippen LogP) is 3.69. The highest BCUT2D eigenvalue weighted by Crippen LogP contribution is 2.26. The lowest BCUT2D eigenvalue weighted by molar-refractivity contribution is -0.123. The van der Waals surface area contributed by atoms with E-state index in [1.165, 1.54) is 0 Å². The fourth-order valence-electron chi connectivity index (χ4n) is 2.20. The van der Waals surface area contributed by atoms with E-state index in [4.69, 9.17) is 0 Å². The number of rotatable bonds is 2. The third kappa shape index (κ3) is 3.08. The van der Waals surface area contributed by atoms with Crippen molar-refractivity contribution >= 4 is 17.2 Å². The van der Waals surface area contributed by atoms with Crippen LogP contribution < -0.4 is 5.32 Å². The number of fused-ring (bicyclic) bond motifs is 1. The number of aryl methyl sites for hydroxylation is 1. The first-order chi connectivity index (χ1) is 10.8. The molecule has 118 valence electrons. The van der Waals surface area contributed by atoms with Gasteiger partial charge >= 0.3 is 0 Å². The largest absolute Gasteiger partial charge is 0.325 e. The fourth-order valence-corrected chi connectivity index (χ4v) is 2.20. The van der Waals surface area contributed by atoms with Crippen molar-refractivity contribution in [3.8, 4) is 11.3 Å². The maximum atomic E-state index is 12.2. The number of nitrogens with zero attached hydrogens (tertiary/aromatic N) is 3. The van der Waals surface area contributed by atoms with Gasteiger partial charge in [-0.25, -0.2) is 9.50 Å². The van der Waals surface area contributed by atoms with E-state index < -0.39 is 5.41 Å². The van der Waals surface area contributed by atoms with Crippen LogP contribution in [0.3, 0.4) is 0 Å². The molecule has 3 aromatic rings. The van der Waals surface area contributed by atoms with Gasteiger partial charge in [-0.2, -0.15) is 5.10 Å². The maximum Gasteiger partial charge on any atom is 0.229 e. The van der Waals surface area contributed by atoms with Gasteiger partial charge in [-0.15, -0.1) is 0 Å². The van der Waals surface area contributed by atoms with Gasteiger partial charge in [0.15, 0.2) is 5.65 Å². The zero-order valence-electron chi connectivity index (χ0n) is 13.8. The Kier molecular flexibility index (Phi) is 3.64. The molecular weight excluding hydrogens is 288 g/mol. The number of imidazole rings is 1. The average Bonchev–Trinajstić information content (AvgIpc) is 2.92. The Morgan fingerprint density at radius 1 is 1.22 bits per heavy atom. The summed E-state index contributed by atoms with van der Waals surface area (Å²) in [6.45, 7) is 7.67. The first-order valence-corrected chi connectivity index (χ1v) is 7.57. The van der Waals surface area contributed by atoms with Crippen LogP contribution in [-0.2, 0) is 4.79 Å². The SMILES string of the molecule is Cc1ccc(-c2cn3ncccc3n2)cc1NC(=O)C(C)(C)C. The van der Waals surface area contributed by atoms with Gasteiger partial charge in [-0.1, -0.05) is 32.9 Å². The van der Waals surface area contributed by atoms with Crippen molar-refractivity contribution in [1.82, 2.24) is 14.6 Å². The molecule has 5 nitrogen and oxygen atoms in total. The molecule has 0 aliphatic heterocycles.